The van der Waals surface area contributed by atoms with Crippen LogP contribution < -0.4 is 18.9 Å². The van der Waals surface area contributed by atoms with E-state index in [1.165, 1.54) is 54.7 Å². The number of ether oxygens (including phenoxy) is 4. The van der Waals surface area contributed by atoms with E-state index < -0.39 is 23.7 Å². The summed E-state index contributed by atoms with van der Waals surface area (Å²) in [6, 6.07) is 16.3. The number of aryl methyl sites for hydroxylation is 6. The smallest absolute Gasteiger partial charge is 0.198 e. The summed E-state index contributed by atoms with van der Waals surface area (Å²) < 4.78 is 22.6. The van der Waals surface area contributed by atoms with Crippen LogP contribution >= 0.6 is 0 Å². The van der Waals surface area contributed by atoms with Crippen LogP contribution in [0.5, 0.6) is 23.0 Å². The van der Waals surface area contributed by atoms with Gasteiger partial charge in [0.15, 0.2) is 11.6 Å². The van der Waals surface area contributed by atoms with Crippen LogP contribution in [-0.2, 0) is 16.8 Å². The third-order valence-corrected chi connectivity index (χ3v) is 9.54. The second-order valence-electron chi connectivity index (χ2n) is 13.9. The number of benzene rings is 4. The van der Waals surface area contributed by atoms with Crippen LogP contribution in [0.15, 0.2) is 93.3 Å². The Bertz CT molecular complexity index is 2010. The maximum absolute atomic E-state index is 14.2. The zero-order valence-electron chi connectivity index (χ0n) is 34.7. The van der Waals surface area contributed by atoms with E-state index in [-0.39, 0.29) is 39.4 Å². The van der Waals surface area contributed by atoms with E-state index in [0.717, 1.165) is 33.4 Å². The Morgan fingerprint density at radius 1 is 0.509 bits per heavy atom. The van der Waals surface area contributed by atoms with Gasteiger partial charge in [-0.2, -0.15) is 0 Å². The molecule has 0 saturated heterocycles. The summed E-state index contributed by atoms with van der Waals surface area (Å²) in [5, 5.41) is 22.0. The van der Waals surface area contributed by atoms with E-state index in [1.807, 2.05) is 65.8 Å². The molecule has 2 atom stereocenters. The molecule has 303 valence electrons. The molecule has 0 aliphatic heterocycles. The van der Waals surface area contributed by atoms with E-state index in [9.17, 15) is 19.8 Å². The molecule has 0 aliphatic carbocycles. The number of aliphatic hydroxyl groups excluding tert-OH is 2. The molecule has 10 nitrogen and oxygen atoms in total. The van der Waals surface area contributed by atoms with Crippen LogP contribution in [0, 0.1) is 41.5 Å². The van der Waals surface area contributed by atoms with Gasteiger partial charge in [0.05, 0.1) is 39.6 Å². The summed E-state index contributed by atoms with van der Waals surface area (Å²) in [5.74, 6) is 0.622. The van der Waals surface area contributed by atoms with Crippen molar-refractivity contribution in [1.82, 2.24) is 0 Å². The fourth-order valence-corrected chi connectivity index (χ4v) is 6.99. The molecule has 4 aromatic rings. The van der Waals surface area contributed by atoms with Gasteiger partial charge in [-0.1, -0.05) is 35.4 Å². The SMILES string of the molecule is COc1cc(OC)cc([C@H](N=C/C(C(=O)c2c(C)cc(C)cc2C)=C(/C)O)[C@@H](N=C/C(C(=O)c2c(C)cc(C)cc2C)=C(/C)O)c2cc(OC)cc(OC)c2)c1.[Co]. The summed E-state index contributed by atoms with van der Waals surface area (Å²) in [6.07, 6.45) is 2.70. The fraction of sp³-hybridized carbons (Fsp3) is 0.304. The molecule has 4 rings (SSSR count). The summed E-state index contributed by atoms with van der Waals surface area (Å²) in [4.78, 5) is 38.4. The van der Waals surface area contributed by atoms with Gasteiger partial charge < -0.3 is 29.2 Å². The number of hydrogen-bond donors (Lipinski definition) is 2. The summed E-state index contributed by atoms with van der Waals surface area (Å²) in [5.41, 5.74) is 7.11. The Kier molecular flexibility index (Phi) is 16.0. The molecule has 0 saturated carbocycles. The number of nitrogens with zero attached hydrogens (tertiary/aromatic N) is 2. The molecule has 0 unspecified atom stereocenters. The number of ketones is 2. The molecule has 57 heavy (non-hydrogen) atoms. The average Bonchev–Trinajstić information content (AvgIpc) is 3.13. The van der Waals surface area contributed by atoms with E-state index in [1.54, 1.807) is 36.4 Å². The van der Waals surface area contributed by atoms with Gasteiger partial charge in [-0.05, 0) is 113 Å². The summed E-state index contributed by atoms with van der Waals surface area (Å²) in [7, 11) is 6.12. The van der Waals surface area contributed by atoms with Crippen LogP contribution in [0.25, 0.3) is 0 Å². The molecular formula is C46H52CoN2O8. The standard InChI is InChI=1S/C46H52N2O8.Co/c1-25-13-27(3)41(28(4)14-25)45(51)39(31(7)49)23-47-43(33-17-35(53-9)21-36(18-33)54-10)44(34-19-37(55-11)22-38(20-34)56-12)48-24-40(32(8)50)46(52)42-29(5)15-26(2)16-30(42)6;/h13-24,43-44,49-50H,1-12H3;/b39-31+,40-32+,47-23?,48-24?;/t43-,44-;/m0./s1. The minimum absolute atomic E-state index is 0. The number of aliphatic imine (C=N–C) groups is 2. The van der Waals surface area contributed by atoms with E-state index in [0.29, 0.717) is 45.3 Å². The van der Waals surface area contributed by atoms with Crippen molar-refractivity contribution in [3.05, 3.63) is 139 Å². The Morgan fingerprint density at radius 2 is 0.772 bits per heavy atom. The zero-order chi connectivity index (χ0) is 41.4. The maximum Gasteiger partial charge on any atom is 0.198 e. The van der Waals surface area contributed by atoms with Gasteiger partial charge in [0.2, 0.25) is 0 Å². The topological polar surface area (TPSA) is 136 Å². The van der Waals surface area contributed by atoms with Gasteiger partial charge in [-0.15, -0.1) is 0 Å². The number of methoxy groups -OCH3 is 4. The number of Topliss-reactive ketones (excluding diaryl/α,β-unsaturated/α-hetero) is 2. The van der Waals surface area contributed by atoms with Crippen molar-refractivity contribution < 1.29 is 55.5 Å². The zero-order valence-corrected chi connectivity index (χ0v) is 35.7. The van der Waals surface area contributed by atoms with Gasteiger partial charge in [-0.3, -0.25) is 19.6 Å². The molecular weight excluding hydrogens is 767 g/mol. The minimum Gasteiger partial charge on any atom is -0.512 e. The monoisotopic (exact) mass is 819 g/mol. The third-order valence-electron chi connectivity index (χ3n) is 9.54. The van der Waals surface area contributed by atoms with Crippen molar-refractivity contribution in [2.75, 3.05) is 28.4 Å². The quantitative estimate of drug-likeness (QED) is 0.0524. The van der Waals surface area contributed by atoms with Crippen molar-refractivity contribution in [3.8, 4) is 23.0 Å². The third kappa shape index (κ3) is 10.8. The van der Waals surface area contributed by atoms with E-state index in [2.05, 4.69) is 0 Å². The second-order valence-corrected chi connectivity index (χ2v) is 13.9. The summed E-state index contributed by atoms with van der Waals surface area (Å²) >= 11 is 0. The first-order valence-corrected chi connectivity index (χ1v) is 18.1. The first-order chi connectivity index (χ1) is 26.5. The fourth-order valence-electron chi connectivity index (χ4n) is 6.99. The Balaban J connectivity index is 0.00000870. The molecule has 0 aromatic heterocycles. The average molecular weight is 820 g/mol. The molecule has 0 aliphatic rings. The first kappa shape index (κ1) is 45.7. The second kappa shape index (κ2) is 20.0. The summed E-state index contributed by atoms with van der Waals surface area (Å²) in [6.45, 7) is 14.2. The molecule has 1 radical (unpaired) electrons. The number of carbonyl (C=O) groups excluding carboxylic acids is 2. The minimum atomic E-state index is -0.951. The maximum atomic E-state index is 14.2. The first-order valence-electron chi connectivity index (χ1n) is 18.1. The van der Waals surface area contributed by atoms with Crippen molar-refractivity contribution in [3.63, 3.8) is 0 Å². The Morgan fingerprint density at radius 3 is 1.00 bits per heavy atom. The van der Waals surface area contributed by atoms with Crippen LogP contribution in [0.3, 0.4) is 0 Å². The molecule has 4 aromatic carbocycles. The number of aliphatic hydroxyl groups is 2. The number of allylic oxidation sites excluding steroid dienone is 4. The molecule has 2 N–H and O–H groups in total. The Hall–Kier alpha value is -5.65. The largest absolute Gasteiger partial charge is 0.512 e. The van der Waals surface area contributed by atoms with Crippen LogP contribution in [0.2, 0.25) is 0 Å². The van der Waals surface area contributed by atoms with Crippen LogP contribution in [0.1, 0.15) is 91.2 Å². The van der Waals surface area contributed by atoms with Gasteiger partial charge in [0.1, 0.15) is 46.6 Å². The van der Waals surface area contributed by atoms with Gasteiger partial charge in [-0.25, -0.2) is 0 Å². The number of carbonyl (C=O) groups is 2. The van der Waals surface area contributed by atoms with Crippen molar-refractivity contribution in [2.45, 2.75) is 67.5 Å². The predicted octanol–water partition coefficient (Wildman–Crippen LogP) is 9.92. The van der Waals surface area contributed by atoms with Crippen LogP contribution in [-0.4, -0.2) is 62.6 Å². The molecule has 0 amide bonds. The van der Waals surface area contributed by atoms with Gasteiger partial charge in [0, 0.05) is 52.5 Å². The molecule has 0 heterocycles. The van der Waals surface area contributed by atoms with Crippen molar-refractivity contribution in [1.29, 1.82) is 0 Å². The van der Waals surface area contributed by atoms with Gasteiger partial charge >= 0.3 is 0 Å². The van der Waals surface area contributed by atoms with E-state index >= 15 is 0 Å². The number of hydrogen-bond acceptors (Lipinski definition) is 10. The predicted molar refractivity (Wildman–Crippen MR) is 222 cm³/mol. The number of rotatable bonds is 15. The van der Waals surface area contributed by atoms with E-state index in [4.69, 9.17) is 28.9 Å². The Labute approximate surface area is 346 Å². The van der Waals surface area contributed by atoms with Gasteiger partial charge in [0.25, 0.3) is 0 Å². The molecule has 0 spiro atoms. The van der Waals surface area contributed by atoms with Crippen molar-refractivity contribution >= 4 is 24.0 Å². The normalized spacial score (nSPS) is 13.3. The van der Waals surface area contributed by atoms with Crippen LogP contribution in [0.4, 0.5) is 0 Å². The molecule has 0 fully saturated rings. The van der Waals surface area contributed by atoms with Crippen molar-refractivity contribution in [2.24, 2.45) is 9.98 Å². The molecule has 11 heteroatoms. The molecule has 0 bridgehead atoms.